The van der Waals surface area contributed by atoms with Gasteiger partial charge in [0, 0.05) is 23.1 Å². The van der Waals surface area contributed by atoms with Gasteiger partial charge < -0.3 is 5.11 Å². The number of hydrogen-bond acceptors (Lipinski definition) is 5. The lowest BCUT2D eigenvalue weighted by atomic mass is 10.0. The molecule has 2 aromatic carbocycles. The zero-order chi connectivity index (χ0) is 21.1. The molecule has 0 radical (unpaired) electrons. The number of hydrogen-bond donors (Lipinski definition) is 2. The van der Waals surface area contributed by atoms with Crippen molar-refractivity contribution in [1.29, 1.82) is 0 Å². The molecular formula is C23H23N3O2S2. The molecule has 1 aliphatic rings. The monoisotopic (exact) mass is 437 g/mol. The van der Waals surface area contributed by atoms with Gasteiger partial charge in [-0.25, -0.2) is 0 Å². The van der Waals surface area contributed by atoms with Crippen molar-refractivity contribution in [3.63, 3.8) is 0 Å². The number of nitrogens with one attached hydrogen (secondary N) is 1. The second-order valence-electron chi connectivity index (χ2n) is 7.21. The molecule has 4 rings (SSSR count). The molecule has 30 heavy (non-hydrogen) atoms. The third kappa shape index (κ3) is 4.13. The average Bonchev–Trinajstić information content (AvgIpc) is 2.93. The van der Waals surface area contributed by atoms with Crippen molar-refractivity contribution in [2.24, 2.45) is 4.99 Å². The van der Waals surface area contributed by atoms with Crippen molar-refractivity contribution >= 4 is 35.4 Å². The standard InChI is InChI=1S/C23H23N3O2S2/c1-2-3-13-26-22(28)20(21(27)25-23(26)29)17-14-19(15-9-5-4-6-10-15)30-18-12-8-7-11-16(18)24-17/h4-12,19,28H,2-3,13-14H2,1H3,(H,25,27,29)/t19-/m1/s1. The fourth-order valence-corrected chi connectivity index (χ4v) is 5.07. The smallest absolute Gasteiger partial charge is 0.264 e. The Kier molecular flexibility index (Phi) is 6.20. The highest BCUT2D eigenvalue weighted by Crippen LogP contribution is 2.45. The highest BCUT2D eigenvalue weighted by molar-refractivity contribution is 7.99. The summed E-state index contributed by atoms with van der Waals surface area (Å²) in [4.78, 5) is 21.5. The summed E-state index contributed by atoms with van der Waals surface area (Å²) in [7, 11) is 0. The van der Waals surface area contributed by atoms with E-state index in [9.17, 15) is 9.90 Å². The predicted octanol–water partition coefficient (Wildman–Crippen LogP) is 5.77. The fraction of sp³-hybridized carbons (Fsp3) is 0.261. The van der Waals surface area contributed by atoms with Gasteiger partial charge in [0.05, 0.1) is 11.4 Å². The van der Waals surface area contributed by atoms with Crippen molar-refractivity contribution in [1.82, 2.24) is 9.55 Å². The molecule has 0 spiro atoms. The first kappa shape index (κ1) is 20.6. The number of H-pyrrole nitrogens is 1. The van der Waals surface area contributed by atoms with E-state index in [0.29, 0.717) is 18.7 Å². The summed E-state index contributed by atoms with van der Waals surface area (Å²) in [6, 6.07) is 18.1. The third-order valence-corrected chi connectivity index (χ3v) is 6.78. The van der Waals surface area contributed by atoms with Crippen LogP contribution in [0.2, 0.25) is 0 Å². The second-order valence-corrected chi connectivity index (χ2v) is 8.84. The first-order valence-corrected chi connectivity index (χ1v) is 11.3. The fourth-order valence-electron chi connectivity index (χ4n) is 3.57. The molecule has 0 saturated carbocycles. The van der Waals surface area contributed by atoms with Gasteiger partial charge >= 0.3 is 0 Å². The first-order chi connectivity index (χ1) is 14.6. The van der Waals surface area contributed by atoms with Crippen molar-refractivity contribution in [3.8, 4) is 5.88 Å². The molecule has 3 aromatic rings. The maximum Gasteiger partial charge on any atom is 0.264 e. The van der Waals surface area contributed by atoms with Crippen LogP contribution in [-0.4, -0.2) is 20.4 Å². The number of aromatic amines is 1. The molecule has 1 atom stereocenters. The normalized spacial score (nSPS) is 15.9. The third-order valence-electron chi connectivity index (χ3n) is 5.14. The van der Waals surface area contributed by atoms with Crippen LogP contribution in [0.15, 0.2) is 69.3 Å². The Morgan fingerprint density at radius 2 is 1.93 bits per heavy atom. The number of nitrogens with zero attached hydrogens (tertiary/aromatic N) is 2. The van der Waals surface area contributed by atoms with E-state index in [-0.39, 0.29) is 21.5 Å². The van der Waals surface area contributed by atoms with Crippen LogP contribution in [0.3, 0.4) is 0 Å². The average molecular weight is 438 g/mol. The number of fused-ring (bicyclic) bond motifs is 1. The highest BCUT2D eigenvalue weighted by atomic mass is 32.2. The Hall–Kier alpha value is -2.64. The summed E-state index contributed by atoms with van der Waals surface area (Å²) >= 11 is 7.02. The lowest BCUT2D eigenvalue weighted by Gasteiger charge is -2.17. The van der Waals surface area contributed by atoms with E-state index in [1.165, 1.54) is 0 Å². The van der Waals surface area contributed by atoms with Gasteiger partial charge in [-0.1, -0.05) is 55.8 Å². The second kappa shape index (κ2) is 9.02. The minimum Gasteiger partial charge on any atom is -0.494 e. The summed E-state index contributed by atoms with van der Waals surface area (Å²) in [5.41, 5.74) is 2.33. The van der Waals surface area contributed by atoms with Crippen molar-refractivity contribution in [2.75, 3.05) is 0 Å². The van der Waals surface area contributed by atoms with Gasteiger partial charge in [-0.3, -0.25) is 19.3 Å². The number of aromatic nitrogens is 2. The van der Waals surface area contributed by atoms with Gasteiger partial charge in [0.25, 0.3) is 5.56 Å². The molecule has 7 heteroatoms. The summed E-state index contributed by atoms with van der Waals surface area (Å²) in [5, 5.41) is 11.1. The molecule has 2 heterocycles. The van der Waals surface area contributed by atoms with E-state index in [4.69, 9.17) is 17.2 Å². The zero-order valence-electron chi connectivity index (χ0n) is 16.7. The Bertz CT molecular complexity index is 1200. The molecule has 0 bridgehead atoms. The summed E-state index contributed by atoms with van der Waals surface area (Å²) in [6.07, 6.45) is 2.33. The van der Waals surface area contributed by atoms with Crippen LogP contribution in [0, 0.1) is 4.77 Å². The summed E-state index contributed by atoms with van der Waals surface area (Å²) in [5.74, 6) is -0.104. The number of para-hydroxylation sites is 1. The van der Waals surface area contributed by atoms with E-state index in [2.05, 4.69) is 24.0 Å². The van der Waals surface area contributed by atoms with Gasteiger partial charge in [0.1, 0.15) is 5.56 Å². The molecule has 2 N–H and O–H groups in total. The number of aromatic hydroxyl groups is 1. The summed E-state index contributed by atoms with van der Waals surface area (Å²) < 4.78 is 1.83. The molecule has 1 aromatic heterocycles. The van der Waals surface area contributed by atoms with Crippen molar-refractivity contribution < 1.29 is 5.11 Å². The van der Waals surface area contributed by atoms with Crippen LogP contribution in [0.25, 0.3) is 0 Å². The van der Waals surface area contributed by atoms with E-state index in [1.54, 1.807) is 16.3 Å². The molecule has 0 amide bonds. The SMILES string of the molecule is CCCCn1c(O)c(C2=Nc3ccccc3S[C@@H](c3ccccc3)C2)c(=O)[nH]c1=S. The minimum absolute atomic E-state index is 0.0691. The van der Waals surface area contributed by atoms with Gasteiger partial charge in [0.15, 0.2) is 4.77 Å². The minimum atomic E-state index is -0.403. The lowest BCUT2D eigenvalue weighted by Crippen LogP contribution is -2.24. The Morgan fingerprint density at radius 3 is 2.70 bits per heavy atom. The van der Waals surface area contributed by atoms with Gasteiger partial charge in [0.2, 0.25) is 5.88 Å². The van der Waals surface area contributed by atoms with Crippen LogP contribution < -0.4 is 5.56 Å². The maximum absolute atomic E-state index is 12.9. The lowest BCUT2D eigenvalue weighted by molar-refractivity contribution is 0.398. The van der Waals surface area contributed by atoms with Crippen LogP contribution in [0.4, 0.5) is 5.69 Å². The number of thioether (sulfide) groups is 1. The molecule has 1 aliphatic heterocycles. The summed E-state index contributed by atoms with van der Waals surface area (Å²) in [6.45, 7) is 2.62. The van der Waals surface area contributed by atoms with Crippen molar-refractivity contribution in [2.45, 2.75) is 42.9 Å². The molecule has 0 aliphatic carbocycles. The van der Waals surface area contributed by atoms with E-state index < -0.39 is 5.56 Å². The highest BCUT2D eigenvalue weighted by Gasteiger charge is 2.26. The molecule has 154 valence electrons. The first-order valence-electron chi connectivity index (χ1n) is 10.0. The quantitative estimate of drug-likeness (QED) is 0.497. The topological polar surface area (TPSA) is 70.4 Å². The molecule has 0 unspecified atom stereocenters. The number of rotatable bonds is 5. The van der Waals surface area contributed by atoms with E-state index >= 15 is 0 Å². The maximum atomic E-state index is 12.9. The molecule has 0 saturated heterocycles. The van der Waals surface area contributed by atoms with Crippen LogP contribution >= 0.6 is 24.0 Å². The van der Waals surface area contributed by atoms with Crippen molar-refractivity contribution in [3.05, 3.63) is 80.8 Å². The predicted molar refractivity (Wildman–Crippen MR) is 125 cm³/mol. The molecule has 5 nitrogen and oxygen atoms in total. The van der Waals surface area contributed by atoms with Gasteiger partial charge in [-0.15, -0.1) is 11.8 Å². The van der Waals surface area contributed by atoms with Gasteiger partial charge in [-0.2, -0.15) is 0 Å². The number of benzene rings is 2. The Morgan fingerprint density at radius 1 is 1.20 bits per heavy atom. The Balaban J connectivity index is 1.88. The number of unbranched alkanes of at least 4 members (excludes halogenated alkanes) is 1. The van der Waals surface area contributed by atoms with E-state index in [1.807, 2.05) is 42.5 Å². The van der Waals surface area contributed by atoms with Crippen LogP contribution in [0.1, 0.15) is 42.6 Å². The van der Waals surface area contributed by atoms with Gasteiger partial charge in [-0.05, 0) is 36.3 Å². The molecular weight excluding hydrogens is 414 g/mol. The largest absolute Gasteiger partial charge is 0.494 e. The van der Waals surface area contributed by atoms with E-state index in [0.717, 1.165) is 29.0 Å². The number of aliphatic imine (C=N–C) groups is 1. The Labute approximate surface area is 184 Å². The zero-order valence-corrected chi connectivity index (χ0v) is 18.3. The van der Waals surface area contributed by atoms with Crippen LogP contribution in [-0.2, 0) is 6.54 Å². The molecule has 0 fully saturated rings. The van der Waals surface area contributed by atoms with Crippen LogP contribution in [0.5, 0.6) is 5.88 Å².